The molecule has 2 aromatic rings. The van der Waals surface area contributed by atoms with E-state index >= 15 is 0 Å². The summed E-state index contributed by atoms with van der Waals surface area (Å²) < 4.78 is 0. The number of hydrogen-bond acceptors (Lipinski definition) is 4. The molecule has 7 heteroatoms. The molecule has 0 aliphatic carbocycles. The van der Waals surface area contributed by atoms with Gasteiger partial charge in [0.2, 0.25) is 11.8 Å². The van der Waals surface area contributed by atoms with Crippen LogP contribution in [0.4, 0.5) is 5.13 Å². The summed E-state index contributed by atoms with van der Waals surface area (Å²) in [5.74, 6) is 0.104. The average Bonchev–Trinajstić information content (AvgIpc) is 3.22. The van der Waals surface area contributed by atoms with E-state index in [4.69, 9.17) is 11.6 Å². The zero-order chi connectivity index (χ0) is 18.0. The van der Waals surface area contributed by atoms with Gasteiger partial charge in [0.15, 0.2) is 5.13 Å². The van der Waals surface area contributed by atoms with Gasteiger partial charge in [-0.25, -0.2) is 4.98 Å². The van der Waals surface area contributed by atoms with Gasteiger partial charge in [0.25, 0.3) is 0 Å². The molecular formula is C18H20ClN3O2S. The molecule has 1 aromatic heterocycles. The lowest BCUT2D eigenvalue weighted by Gasteiger charge is -2.25. The molecule has 0 radical (unpaired) electrons. The summed E-state index contributed by atoms with van der Waals surface area (Å²) in [5.41, 5.74) is 1.74. The van der Waals surface area contributed by atoms with E-state index < -0.39 is 0 Å². The van der Waals surface area contributed by atoms with E-state index in [9.17, 15) is 9.59 Å². The molecule has 1 aliphatic heterocycles. The lowest BCUT2D eigenvalue weighted by atomic mass is 10.1. The monoisotopic (exact) mass is 377 g/mol. The topological polar surface area (TPSA) is 53.5 Å². The average molecular weight is 378 g/mol. The van der Waals surface area contributed by atoms with Crippen molar-refractivity contribution in [2.75, 3.05) is 18.5 Å². The highest BCUT2D eigenvalue weighted by Crippen LogP contribution is 2.26. The van der Waals surface area contributed by atoms with E-state index in [0.717, 1.165) is 12.0 Å². The third-order valence-corrected chi connectivity index (χ3v) is 5.67. The van der Waals surface area contributed by atoms with Crippen molar-refractivity contribution >= 4 is 39.9 Å². The maximum absolute atomic E-state index is 12.6. The highest BCUT2D eigenvalue weighted by atomic mass is 35.5. The summed E-state index contributed by atoms with van der Waals surface area (Å²) in [6.07, 6.45) is 1.68. The Morgan fingerprint density at radius 2 is 2.12 bits per heavy atom. The molecule has 1 unspecified atom stereocenters. The lowest BCUT2D eigenvalue weighted by Crippen LogP contribution is -2.31. The molecule has 5 nitrogen and oxygen atoms in total. The summed E-state index contributed by atoms with van der Waals surface area (Å²) in [5, 5.41) is 3.23. The first-order valence-electron chi connectivity index (χ1n) is 8.21. The summed E-state index contributed by atoms with van der Waals surface area (Å²) in [6, 6.07) is 7.45. The lowest BCUT2D eigenvalue weighted by molar-refractivity contribution is -0.131. The van der Waals surface area contributed by atoms with Crippen molar-refractivity contribution in [1.29, 1.82) is 0 Å². The van der Waals surface area contributed by atoms with Gasteiger partial charge in [-0.3, -0.25) is 14.5 Å². The van der Waals surface area contributed by atoms with Gasteiger partial charge in [-0.15, -0.1) is 11.3 Å². The molecule has 25 heavy (non-hydrogen) atoms. The van der Waals surface area contributed by atoms with Crippen molar-refractivity contribution in [2.24, 2.45) is 0 Å². The van der Waals surface area contributed by atoms with Crippen LogP contribution in [0.1, 0.15) is 37.1 Å². The Morgan fingerprint density at radius 3 is 2.76 bits per heavy atom. The number of rotatable bonds is 5. The molecular weight excluding hydrogens is 358 g/mol. The van der Waals surface area contributed by atoms with Gasteiger partial charge in [0, 0.05) is 30.4 Å². The van der Waals surface area contributed by atoms with Crippen LogP contribution >= 0.6 is 22.9 Å². The number of thiazole rings is 1. The number of carbonyl (C=O) groups excluding carboxylic acids is 2. The number of carbonyl (C=O) groups is 2. The van der Waals surface area contributed by atoms with Crippen molar-refractivity contribution in [2.45, 2.75) is 32.2 Å². The Bertz CT molecular complexity index is 775. The zero-order valence-corrected chi connectivity index (χ0v) is 15.8. The Kier molecular flexibility index (Phi) is 5.39. The van der Waals surface area contributed by atoms with Crippen LogP contribution in [0.25, 0.3) is 0 Å². The molecule has 0 bridgehead atoms. The number of halogens is 1. The highest BCUT2D eigenvalue weighted by molar-refractivity contribution is 7.14. The van der Waals surface area contributed by atoms with Crippen molar-refractivity contribution < 1.29 is 9.59 Å². The molecule has 1 fully saturated rings. The van der Waals surface area contributed by atoms with Gasteiger partial charge in [-0.2, -0.15) is 0 Å². The molecule has 1 aromatic carbocycles. The van der Waals surface area contributed by atoms with Gasteiger partial charge in [-0.1, -0.05) is 23.7 Å². The van der Waals surface area contributed by atoms with E-state index in [0.29, 0.717) is 28.8 Å². The van der Waals surface area contributed by atoms with E-state index in [1.165, 1.54) is 11.3 Å². The summed E-state index contributed by atoms with van der Waals surface area (Å²) >= 11 is 7.34. The summed E-state index contributed by atoms with van der Waals surface area (Å²) in [6.45, 7) is 2.70. The first-order chi connectivity index (χ1) is 12.0. The van der Waals surface area contributed by atoms with Crippen LogP contribution in [0.15, 0.2) is 29.6 Å². The quantitative estimate of drug-likeness (QED) is 0.798. The number of benzene rings is 1. The largest absolute Gasteiger partial charge is 0.339 e. The molecule has 0 spiro atoms. The third kappa shape index (κ3) is 4.02. The number of amides is 2. The standard InChI is InChI=1S/C18H20ClN3O2S/c1-12(13-5-7-14(19)8-6-13)21(2)17(24)10-15-11-25-18(20-15)22-9-3-4-16(22)23/h5-8,11-12H,3-4,9-10H2,1-2H3. The summed E-state index contributed by atoms with van der Waals surface area (Å²) in [7, 11) is 1.79. The molecule has 3 rings (SSSR count). The van der Waals surface area contributed by atoms with Crippen LogP contribution in [0.3, 0.4) is 0 Å². The second-order valence-corrected chi connectivity index (χ2v) is 7.45. The molecule has 1 atom stereocenters. The molecule has 132 valence electrons. The molecule has 2 heterocycles. The number of hydrogen-bond donors (Lipinski definition) is 0. The van der Waals surface area contributed by atoms with Crippen molar-refractivity contribution in [3.05, 3.63) is 45.9 Å². The van der Waals surface area contributed by atoms with Crippen molar-refractivity contribution in [1.82, 2.24) is 9.88 Å². The van der Waals surface area contributed by atoms with Gasteiger partial charge >= 0.3 is 0 Å². The van der Waals surface area contributed by atoms with Gasteiger partial charge in [0.1, 0.15) is 0 Å². The minimum atomic E-state index is -0.0527. The van der Waals surface area contributed by atoms with Crippen molar-refractivity contribution in [3.63, 3.8) is 0 Å². The van der Waals surface area contributed by atoms with E-state index in [1.807, 2.05) is 36.6 Å². The van der Waals surface area contributed by atoms with Crippen LogP contribution < -0.4 is 4.90 Å². The Hall–Kier alpha value is -1.92. The van der Waals surface area contributed by atoms with Crippen LogP contribution in [-0.2, 0) is 16.0 Å². The first kappa shape index (κ1) is 17.9. The SMILES string of the molecule is CC(c1ccc(Cl)cc1)N(C)C(=O)Cc1csc(N2CCCC2=O)n1. The van der Waals surface area contributed by atoms with Crippen molar-refractivity contribution in [3.8, 4) is 0 Å². The maximum Gasteiger partial charge on any atom is 0.228 e. The van der Waals surface area contributed by atoms with Gasteiger partial charge < -0.3 is 4.90 Å². The number of anilines is 1. The zero-order valence-electron chi connectivity index (χ0n) is 14.2. The Labute approximate surface area is 156 Å². The minimum absolute atomic E-state index is 0.00736. The number of nitrogens with zero attached hydrogens (tertiary/aromatic N) is 3. The number of likely N-dealkylation sites (N-methyl/N-ethyl adjacent to an activating group) is 1. The second kappa shape index (κ2) is 7.54. The van der Waals surface area contributed by atoms with E-state index in [1.54, 1.807) is 16.8 Å². The predicted molar refractivity (Wildman–Crippen MR) is 100 cm³/mol. The number of aromatic nitrogens is 1. The van der Waals surface area contributed by atoms with Crippen LogP contribution in [0.5, 0.6) is 0 Å². The normalized spacial score (nSPS) is 15.5. The van der Waals surface area contributed by atoms with Gasteiger partial charge in [-0.05, 0) is 31.0 Å². The third-order valence-electron chi connectivity index (χ3n) is 4.50. The fraction of sp³-hybridized carbons (Fsp3) is 0.389. The summed E-state index contributed by atoms with van der Waals surface area (Å²) in [4.78, 5) is 32.3. The Balaban J connectivity index is 1.64. The van der Waals surface area contributed by atoms with Crippen LogP contribution in [0.2, 0.25) is 5.02 Å². The first-order valence-corrected chi connectivity index (χ1v) is 9.47. The van der Waals surface area contributed by atoms with E-state index in [-0.39, 0.29) is 24.3 Å². The predicted octanol–water partition coefficient (Wildman–Crippen LogP) is 3.69. The van der Waals surface area contributed by atoms with Crippen LogP contribution in [0, 0.1) is 0 Å². The fourth-order valence-electron chi connectivity index (χ4n) is 2.81. The molecule has 1 saturated heterocycles. The molecule has 0 N–H and O–H groups in total. The molecule has 1 aliphatic rings. The fourth-order valence-corrected chi connectivity index (χ4v) is 3.81. The van der Waals surface area contributed by atoms with Crippen LogP contribution in [-0.4, -0.2) is 35.3 Å². The van der Waals surface area contributed by atoms with E-state index in [2.05, 4.69) is 4.98 Å². The molecule has 0 saturated carbocycles. The highest BCUT2D eigenvalue weighted by Gasteiger charge is 2.25. The molecule has 2 amide bonds. The minimum Gasteiger partial charge on any atom is -0.339 e. The smallest absolute Gasteiger partial charge is 0.228 e. The Morgan fingerprint density at radius 1 is 1.40 bits per heavy atom. The maximum atomic E-state index is 12.6. The van der Waals surface area contributed by atoms with Gasteiger partial charge in [0.05, 0.1) is 18.2 Å². The second-order valence-electron chi connectivity index (χ2n) is 6.18.